The Hall–Kier alpha value is -1.09. The van der Waals surface area contributed by atoms with Gasteiger partial charge in [-0.05, 0) is 15.9 Å². The standard InChI is InChI=1S/C6H4BrF2N3O2S/c7-6-10-1-2(15-6)4(13)11-12-5(14)3(8)9/h1,3H,(H,11,13)(H,12,14). The van der Waals surface area contributed by atoms with Crippen molar-refractivity contribution in [3.63, 3.8) is 0 Å². The van der Waals surface area contributed by atoms with Crippen molar-refractivity contribution >= 4 is 39.1 Å². The summed E-state index contributed by atoms with van der Waals surface area (Å²) in [5.74, 6) is -2.26. The smallest absolute Gasteiger partial charge is 0.267 e. The maximum absolute atomic E-state index is 11.7. The average Bonchev–Trinajstić information content (AvgIpc) is 2.60. The molecule has 1 rings (SSSR count). The summed E-state index contributed by atoms with van der Waals surface area (Å²) < 4.78 is 23.9. The third-order valence-electron chi connectivity index (χ3n) is 1.20. The van der Waals surface area contributed by atoms with E-state index >= 15 is 0 Å². The molecule has 1 aromatic rings. The summed E-state index contributed by atoms with van der Waals surface area (Å²) in [6, 6.07) is 0. The van der Waals surface area contributed by atoms with Crippen molar-refractivity contribution in [1.82, 2.24) is 15.8 Å². The van der Waals surface area contributed by atoms with Crippen molar-refractivity contribution in [3.05, 3.63) is 15.0 Å². The van der Waals surface area contributed by atoms with E-state index in [-0.39, 0.29) is 4.88 Å². The Kier molecular flexibility index (Phi) is 4.09. The van der Waals surface area contributed by atoms with Crippen LogP contribution in [0.2, 0.25) is 0 Å². The van der Waals surface area contributed by atoms with Gasteiger partial charge in [0.15, 0.2) is 3.92 Å². The summed E-state index contributed by atoms with van der Waals surface area (Å²) in [6.45, 7) is 0. The highest BCUT2D eigenvalue weighted by Gasteiger charge is 2.16. The number of hydrogen-bond acceptors (Lipinski definition) is 4. The highest BCUT2D eigenvalue weighted by molar-refractivity contribution is 9.11. The zero-order valence-corrected chi connectivity index (χ0v) is 9.36. The molecule has 82 valence electrons. The topological polar surface area (TPSA) is 71.1 Å². The van der Waals surface area contributed by atoms with E-state index in [0.29, 0.717) is 3.92 Å². The van der Waals surface area contributed by atoms with Crippen LogP contribution in [0.25, 0.3) is 0 Å². The predicted octanol–water partition coefficient (Wildman–Crippen LogP) is 0.932. The number of hydrazine groups is 1. The second kappa shape index (κ2) is 5.12. The van der Waals surface area contributed by atoms with Crippen molar-refractivity contribution in [3.8, 4) is 0 Å². The van der Waals surface area contributed by atoms with E-state index < -0.39 is 18.2 Å². The van der Waals surface area contributed by atoms with Crippen molar-refractivity contribution in [1.29, 1.82) is 0 Å². The molecular weight excluding hydrogens is 296 g/mol. The van der Waals surface area contributed by atoms with Crippen molar-refractivity contribution in [2.45, 2.75) is 6.43 Å². The highest BCUT2D eigenvalue weighted by atomic mass is 79.9. The molecule has 0 aliphatic heterocycles. The molecule has 0 spiro atoms. The van der Waals surface area contributed by atoms with Crippen LogP contribution in [0.1, 0.15) is 9.67 Å². The minimum absolute atomic E-state index is 0.191. The molecule has 9 heteroatoms. The monoisotopic (exact) mass is 299 g/mol. The van der Waals surface area contributed by atoms with Crippen molar-refractivity contribution < 1.29 is 18.4 Å². The summed E-state index contributed by atoms with van der Waals surface area (Å²) in [5, 5.41) is 0. The number of amides is 2. The molecule has 1 aromatic heterocycles. The van der Waals surface area contributed by atoms with E-state index in [9.17, 15) is 18.4 Å². The SMILES string of the molecule is O=C(NNC(=O)C(F)F)c1cnc(Br)s1. The van der Waals surface area contributed by atoms with Gasteiger partial charge in [0.1, 0.15) is 4.88 Å². The molecule has 1 heterocycles. The van der Waals surface area contributed by atoms with Crippen LogP contribution < -0.4 is 10.9 Å². The van der Waals surface area contributed by atoms with E-state index in [1.807, 2.05) is 5.43 Å². The molecule has 0 fully saturated rings. The van der Waals surface area contributed by atoms with Crippen LogP contribution in [0.5, 0.6) is 0 Å². The summed E-state index contributed by atoms with van der Waals surface area (Å²) in [5.41, 5.74) is 3.39. The number of alkyl halides is 2. The molecule has 0 radical (unpaired) electrons. The molecule has 0 atom stereocenters. The Bertz CT molecular complexity index is 384. The number of rotatable bonds is 2. The molecule has 0 aliphatic rings. The number of nitrogens with zero attached hydrogens (tertiary/aromatic N) is 1. The number of nitrogens with one attached hydrogen (secondary N) is 2. The van der Waals surface area contributed by atoms with Gasteiger partial charge in [0.05, 0.1) is 6.20 Å². The van der Waals surface area contributed by atoms with Crippen LogP contribution in [0.15, 0.2) is 10.1 Å². The van der Waals surface area contributed by atoms with E-state index in [4.69, 9.17) is 0 Å². The first-order chi connectivity index (χ1) is 7.00. The predicted molar refractivity (Wildman–Crippen MR) is 51.4 cm³/mol. The van der Waals surface area contributed by atoms with Gasteiger partial charge in [-0.1, -0.05) is 0 Å². The Morgan fingerprint density at radius 1 is 1.47 bits per heavy atom. The first kappa shape index (κ1) is 12.0. The van der Waals surface area contributed by atoms with Gasteiger partial charge in [0.25, 0.3) is 5.91 Å². The third kappa shape index (κ3) is 3.51. The number of thiazole rings is 1. The molecule has 0 aromatic carbocycles. The Morgan fingerprint density at radius 2 is 2.13 bits per heavy atom. The van der Waals surface area contributed by atoms with Gasteiger partial charge >= 0.3 is 12.3 Å². The fourth-order valence-electron chi connectivity index (χ4n) is 0.592. The van der Waals surface area contributed by atoms with Crippen molar-refractivity contribution in [2.75, 3.05) is 0 Å². The second-order valence-corrected chi connectivity index (χ2v) is 4.53. The minimum Gasteiger partial charge on any atom is -0.267 e. The molecule has 0 aliphatic carbocycles. The summed E-state index contributed by atoms with van der Waals surface area (Å²) in [4.78, 5) is 25.5. The molecule has 0 saturated heterocycles. The molecule has 2 amide bonds. The minimum atomic E-state index is -3.17. The number of hydrogen-bond donors (Lipinski definition) is 2. The van der Waals surface area contributed by atoms with Gasteiger partial charge in [-0.25, -0.2) is 4.98 Å². The average molecular weight is 300 g/mol. The Morgan fingerprint density at radius 3 is 2.60 bits per heavy atom. The van der Waals surface area contributed by atoms with Crippen LogP contribution in [-0.2, 0) is 4.79 Å². The zero-order chi connectivity index (χ0) is 11.4. The number of halogens is 3. The lowest BCUT2D eigenvalue weighted by molar-refractivity contribution is -0.132. The molecule has 15 heavy (non-hydrogen) atoms. The lowest BCUT2D eigenvalue weighted by Crippen LogP contribution is -2.44. The first-order valence-corrected chi connectivity index (χ1v) is 5.11. The molecule has 0 bridgehead atoms. The third-order valence-corrected chi connectivity index (χ3v) is 2.67. The van der Waals surface area contributed by atoms with Crippen LogP contribution in [0.4, 0.5) is 8.78 Å². The van der Waals surface area contributed by atoms with Gasteiger partial charge in [0.2, 0.25) is 0 Å². The molecule has 2 N–H and O–H groups in total. The van der Waals surface area contributed by atoms with Gasteiger partial charge < -0.3 is 0 Å². The van der Waals surface area contributed by atoms with Gasteiger partial charge in [-0.3, -0.25) is 20.4 Å². The zero-order valence-electron chi connectivity index (χ0n) is 6.96. The van der Waals surface area contributed by atoms with Crippen LogP contribution in [0.3, 0.4) is 0 Å². The van der Waals surface area contributed by atoms with E-state index in [2.05, 4.69) is 20.9 Å². The van der Waals surface area contributed by atoms with E-state index in [0.717, 1.165) is 11.3 Å². The quantitative estimate of drug-likeness (QED) is 0.798. The van der Waals surface area contributed by atoms with Gasteiger partial charge in [0, 0.05) is 0 Å². The summed E-state index contributed by atoms with van der Waals surface area (Å²) >= 11 is 4.03. The lowest BCUT2D eigenvalue weighted by atomic mass is 10.5. The van der Waals surface area contributed by atoms with E-state index in [1.165, 1.54) is 6.20 Å². The van der Waals surface area contributed by atoms with Gasteiger partial charge in [-0.15, -0.1) is 11.3 Å². The normalized spacial score (nSPS) is 10.1. The Balaban J connectivity index is 2.47. The first-order valence-electron chi connectivity index (χ1n) is 3.50. The maximum Gasteiger partial charge on any atom is 0.317 e. The van der Waals surface area contributed by atoms with E-state index in [1.54, 1.807) is 5.43 Å². The van der Waals surface area contributed by atoms with Gasteiger partial charge in [-0.2, -0.15) is 8.78 Å². The largest absolute Gasteiger partial charge is 0.317 e. The van der Waals surface area contributed by atoms with Crippen LogP contribution in [-0.4, -0.2) is 23.2 Å². The molecule has 0 saturated carbocycles. The number of carbonyl (C=O) groups excluding carboxylic acids is 2. The summed E-state index contributed by atoms with van der Waals surface area (Å²) in [7, 11) is 0. The fraction of sp³-hybridized carbons (Fsp3) is 0.167. The second-order valence-electron chi connectivity index (χ2n) is 2.22. The molecular formula is C6H4BrF2N3O2S. The van der Waals surface area contributed by atoms with Crippen molar-refractivity contribution in [2.24, 2.45) is 0 Å². The van der Waals surface area contributed by atoms with Crippen LogP contribution >= 0.6 is 27.3 Å². The Labute approximate surface area is 95.0 Å². The molecule has 5 nitrogen and oxygen atoms in total. The molecule has 0 unspecified atom stereocenters. The number of aromatic nitrogens is 1. The maximum atomic E-state index is 11.7. The lowest BCUT2D eigenvalue weighted by Gasteiger charge is -2.04. The summed E-state index contributed by atoms with van der Waals surface area (Å²) in [6.07, 6.45) is -1.92. The number of carbonyl (C=O) groups is 2. The highest BCUT2D eigenvalue weighted by Crippen LogP contribution is 2.17. The van der Waals surface area contributed by atoms with Crippen LogP contribution in [0, 0.1) is 0 Å². The fourth-order valence-corrected chi connectivity index (χ4v) is 1.75.